The number of benzene rings is 3. The van der Waals surface area contributed by atoms with Crippen LogP contribution in [0, 0.1) is 0 Å². The Bertz CT molecular complexity index is 819. The van der Waals surface area contributed by atoms with E-state index < -0.39 is 0 Å². The minimum atomic E-state index is 0.646. The van der Waals surface area contributed by atoms with Crippen LogP contribution in [0.1, 0.15) is 17.5 Å². The van der Waals surface area contributed by atoms with Crippen LogP contribution in [0.2, 0.25) is 10.0 Å². The van der Waals surface area contributed by atoms with Gasteiger partial charge in [0, 0.05) is 22.3 Å². The average Bonchev–Trinajstić information content (AvgIpc) is 2.66. The van der Waals surface area contributed by atoms with Crippen LogP contribution in [0.15, 0.2) is 72.8 Å². The Balaban J connectivity index is 1.43. The molecule has 0 unspecified atom stereocenters. The van der Waals surface area contributed by atoms with Gasteiger partial charge in [0.15, 0.2) is 0 Å². The van der Waals surface area contributed by atoms with Crippen LogP contribution in [-0.4, -0.2) is 6.61 Å². The van der Waals surface area contributed by atoms with Gasteiger partial charge in [-0.25, -0.2) is 0 Å². The first-order valence-corrected chi connectivity index (χ1v) is 9.41. The van der Waals surface area contributed by atoms with E-state index in [2.05, 4.69) is 29.6 Å². The van der Waals surface area contributed by atoms with Crippen LogP contribution in [0.4, 0.5) is 5.69 Å². The first kappa shape index (κ1) is 18.6. The zero-order chi connectivity index (χ0) is 18.2. The van der Waals surface area contributed by atoms with Gasteiger partial charge in [0.1, 0.15) is 5.75 Å². The highest BCUT2D eigenvalue weighted by atomic mass is 35.5. The lowest BCUT2D eigenvalue weighted by atomic mass is 10.1. The molecule has 0 bridgehead atoms. The van der Waals surface area contributed by atoms with Crippen LogP contribution in [0.3, 0.4) is 0 Å². The van der Waals surface area contributed by atoms with Gasteiger partial charge < -0.3 is 10.1 Å². The molecule has 0 fully saturated rings. The molecule has 0 aromatic heterocycles. The van der Waals surface area contributed by atoms with Gasteiger partial charge in [0.25, 0.3) is 0 Å². The van der Waals surface area contributed by atoms with Crippen molar-refractivity contribution in [3.8, 4) is 5.75 Å². The Labute approximate surface area is 164 Å². The number of halogens is 2. The zero-order valence-electron chi connectivity index (χ0n) is 14.4. The van der Waals surface area contributed by atoms with Crippen LogP contribution in [0.25, 0.3) is 0 Å². The van der Waals surface area contributed by atoms with E-state index in [0.29, 0.717) is 23.2 Å². The first-order chi connectivity index (χ1) is 12.7. The highest BCUT2D eigenvalue weighted by Gasteiger charge is 2.02. The largest absolute Gasteiger partial charge is 0.494 e. The molecule has 0 aliphatic heterocycles. The average molecular weight is 386 g/mol. The minimum absolute atomic E-state index is 0.646. The fourth-order valence-electron chi connectivity index (χ4n) is 2.64. The second kappa shape index (κ2) is 9.51. The number of hydrogen-bond donors (Lipinski definition) is 1. The molecule has 0 radical (unpaired) electrons. The number of rotatable bonds is 8. The molecule has 26 heavy (non-hydrogen) atoms. The highest BCUT2D eigenvalue weighted by molar-refractivity contribution is 6.35. The Kier molecular flexibility index (Phi) is 6.82. The normalized spacial score (nSPS) is 10.5. The molecular formula is C22H21Cl2NO. The van der Waals surface area contributed by atoms with Crippen molar-refractivity contribution in [3.05, 3.63) is 94.0 Å². The molecule has 0 spiro atoms. The number of anilines is 1. The van der Waals surface area contributed by atoms with Gasteiger partial charge in [-0.3, -0.25) is 0 Å². The monoisotopic (exact) mass is 385 g/mol. The summed E-state index contributed by atoms with van der Waals surface area (Å²) in [5, 5.41) is 4.67. The van der Waals surface area contributed by atoms with E-state index in [1.54, 1.807) is 6.07 Å². The van der Waals surface area contributed by atoms with E-state index in [0.717, 1.165) is 29.8 Å². The van der Waals surface area contributed by atoms with E-state index in [1.807, 2.05) is 42.5 Å². The highest BCUT2D eigenvalue weighted by Crippen LogP contribution is 2.22. The summed E-state index contributed by atoms with van der Waals surface area (Å²) >= 11 is 12.1. The van der Waals surface area contributed by atoms with Crippen LogP contribution in [0.5, 0.6) is 5.75 Å². The van der Waals surface area contributed by atoms with Crippen LogP contribution >= 0.6 is 23.2 Å². The molecule has 0 heterocycles. The van der Waals surface area contributed by atoms with E-state index in [4.69, 9.17) is 27.9 Å². The van der Waals surface area contributed by atoms with Crippen molar-refractivity contribution in [2.45, 2.75) is 19.4 Å². The summed E-state index contributed by atoms with van der Waals surface area (Å²) in [4.78, 5) is 0. The number of ether oxygens (including phenoxy) is 1. The quantitative estimate of drug-likeness (QED) is 0.440. The molecule has 0 amide bonds. The lowest BCUT2D eigenvalue weighted by Crippen LogP contribution is -2.01. The van der Waals surface area contributed by atoms with Crippen molar-refractivity contribution in [2.75, 3.05) is 11.9 Å². The number of hydrogen-bond acceptors (Lipinski definition) is 2. The molecule has 3 aromatic rings. The number of aryl methyl sites for hydroxylation is 1. The van der Waals surface area contributed by atoms with Gasteiger partial charge in [0.2, 0.25) is 0 Å². The third kappa shape index (κ3) is 5.69. The van der Waals surface area contributed by atoms with Crippen molar-refractivity contribution >= 4 is 28.9 Å². The molecule has 2 nitrogen and oxygen atoms in total. The molecule has 3 aromatic carbocycles. The fraction of sp³-hybridized carbons (Fsp3) is 0.182. The Morgan fingerprint density at radius 2 is 1.62 bits per heavy atom. The SMILES string of the molecule is Clc1ccc(CNc2ccc(OCCCc3ccccc3)cc2)c(Cl)c1. The minimum Gasteiger partial charge on any atom is -0.494 e. The Morgan fingerprint density at radius 1 is 0.846 bits per heavy atom. The predicted octanol–water partition coefficient (Wildman–Crippen LogP) is 6.62. The van der Waals surface area contributed by atoms with Gasteiger partial charge in [-0.15, -0.1) is 0 Å². The standard InChI is InChI=1S/C22H21Cl2NO/c23-19-9-8-18(22(24)15-19)16-25-20-10-12-21(13-11-20)26-14-4-7-17-5-2-1-3-6-17/h1-3,5-6,8-13,15,25H,4,7,14,16H2. The molecule has 0 saturated carbocycles. The third-order valence-electron chi connectivity index (χ3n) is 4.07. The molecule has 0 aliphatic rings. The van der Waals surface area contributed by atoms with Crippen molar-refractivity contribution in [1.29, 1.82) is 0 Å². The van der Waals surface area contributed by atoms with E-state index >= 15 is 0 Å². The maximum absolute atomic E-state index is 6.19. The fourth-order valence-corrected chi connectivity index (χ4v) is 3.12. The lowest BCUT2D eigenvalue weighted by Gasteiger charge is -2.10. The summed E-state index contributed by atoms with van der Waals surface area (Å²) < 4.78 is 5.81. The van der Waals surface area contributed by atoms with Crippen LogP contribution < -0.4 is 10.1 Å². The predicted molar refractivity (Wildman–Crippen MR) is 110 cm³/mol. The number of nitrogens with one attached hydrogen (secondary N) is 1. The van der Waals surface area contributed by atoms with Gasteiger partial charge in [0.05, 0.1) is 6.61 Å². The van der Waals surface area contributed by atoms with E-state index in [-0.39, 0.29) is 0 Å². The lowest BCUT2D eigenvalue weighted by molar-refractivity contribution is 0.311. The Morgan fingerprint density at radius 3 is 2.35 bits per heavy atom. The van der Waals surface area contributed by atoms with Crippen molar-refractivity contribution < 1.29 is 4.74 Å². The van der Waals surface area contributed by atoms with Gasteiger partial charge in [-0.2, -0.15) is 0 Å². The summed E-state index contributed by atoms with van der Waals surface area (Å²) in [6.45, 7) is 1.36. The summed E-state index contributed by atoms with van der Waals surface area (Å²) in [7, 11) is 0. The maximum Gasteiger partial charge on any atom is 0.119 e. The molecule has 4 heteroatoms. The molecule has 3 rings (SSSR count). The molecule has 134 valence electrons. The zero-order valence-corrected chi connectivity index (χ0v) is 15.9. The topological polar surface area (TPSA) is 21.3 Å². The molecule has 0 aliphatic carbocycles. The van der Waals surface area contributed by atoms with Crippen molar-refractivity contribution in [3.63, 3.8) is 0 Å². The van der Waals surface area contributed by atoms with E-state index in [9.17, 15) is 0 Å². The molecule has 0 saturated heterocycles. The van der Waals surface area contributed by atoms with Crippen LogP contribution in [-0.2, 0) is 13.0 Å². The first-order valence-electron chi connectivity index (χ1n) is 8.65. The van der Waals surface area contributed by atoms with Gasteiger partial charge >= 0.3 is 0 Å². The third-order valence-corrected chi connectivity index (χ3v) is 4.66. The van der Waals surface area contributed by atoms with Crippen molar-refractivity contribution in [1.82, 2.24) is 0 Å². The maximum atomic E-state index is 6.19. The second-order valence-electron chi connectivity index (χ2n) is 6.05. The Hall–Kier alpha value is -2.16. The summed E-state index contributed by atoms with van der Waals surface area (Å²) in [6.07, 6.45) is 2.03. The second-order valence-corrected chi connectivity index (χ2v) is 6.89. The summed E-state index contributed by atoms with van der Waals surface area (Å²) in [6, 6.07) is 24.0. The van der Waals surface area contributed by atoms with Gasteiger partial charge in [-0.05, 0) is 60.4 Å². The van der Waals surface area contributed by atoms with Gasteiger partial charge in [-0.1, -0.05) is 59.6 Å². The summed E-state index contributed by atoms with van der Waals surface area (Å²) in [5.74, 6) is 0.883. The molecular weight excluding hydrogens is 365 g/mol. The smallest absolute Gasteiger partial charge is 0.119 e. The van der Waals surface area contributed by atoms with Crippen molar-refractivity contribution in [2.24, 2.45) is 0 Å². The van der Waals surface area contributed by atoms with E-state index in [1.165, 1.54) is 5.56 Å². The summed E-state index contributed by atoms with van der Waals surface area (Å²) in [5.41, 5.74) is 3.38. The molecule has 0 atom stereocenters. The molecule has 1 N–H and O–H groups in total.